The predicted molar refractivity (Wildman–Crippen MR) is 376 cm³/mol. The molecule has 0 saturated carbocycles. The number of allylic oxidation sites excluding steroid dienone is 2. The monoisotopic (exact) mass is 1470 g/mol. The highest BCUT2D eigenvalue weighted by Crippen LogP contribution is 2.34. The number of aliphatic carboxylic acids is 1. The summed E-state index contributed by atoms with van der Waals surface area (Å²) in [5.41, 5.74) is 12.9. The van der Waals surface area contributed by atoms with E-state index >= 15 is 0 Å². The summed E-state index contributed by atoms with van der Waals surface area (Å²) in [6.45, 7) is 11.5. The second-order valence-corrected chi connectivity index (χ2v) is 29.6. The minimum absolute atomic E-state index is 0.0153. The molecule has 11 heterocycles. The van der Waals surface area contributed by atoms with Crippen LogP contribution in [0.3, 0.4) is 0 Å². The number of carboxylic acids is 1. The molecule has 32 nitrogen and oxygen atoms in total. The van der Waals surface area contributed by atoms with E-state index in [1.54, 1.807) is 23.8 Å². The highest BCUT2D eigenvalue weighted by Gasteiger charge is 2.43. The number of thioether (sulfide) groups is 4. The van der Waals surface area contributed by atoms with Gasteiger partial charge in [-0.05, 0) is 77.6 Å². The number of pyridine rings is 1. The van der Waals surface area contributed by atoms with E-state index in [9.17, 15) is 62.6 Å². The Kier molecular flexibility index (Phi) is 23.5. The number of unbranched alkanes of at least 4 members (excludes halogenated alkanes) is 1. The van der Waals surface area contributed by atoms with E-state index in [2.05, 4.69) is 76.0 Å². The molecule has 0 aliphatic carbocycles. The third kappa shape index (κ3) is 17.4. The molecule has 8 aliphatic rings. The maximum atomic E-state index is 14.9. The molecule has 0 radical (unpaired) electrons. The standard InChI is InChI=1S/C61H69N19O13S6/c1-6-30-51(88)79-61(5)60(93)78-33(10-7-8-16-62)47(84)64-19-44(82)65-28(4)58(90)80-17-9-11-42(80)52(89)66-26(2)45-29(46(83)71-35(18-43(63)81)55-74-37(21-96-55)49(86)70-30)12-13-32(69-45)31-14-15-34(68-31)54-73-36(20-95-54)48(85)67-27(3)53-76-39(23-94-53)57-77-40(24-98-57)56-75-38(22-97-56)50(87)72-41(25-99-61)59(91)92/h6,12-13,15,23-24,26,33,35-38,41-42H,3-4,7-11,14,16-22,25,62H2,1-2,5H3,(H2,63,81)(H,64,84)(H,65,82)(H,66,89)(H,67,85)(H,70,86)(H,71,83)(H,72,87)(H,78,93)(H,79,88)(H,91,92)/b30-6-/t26-,33+,35+,36+,37+,38-,41+,42+,61+/m1/s1. The van der Waals surface area contributed by atoms with Crippen molar-refractivity contribution in [1.82, 2.24) is 67.7 Å². The average Bonchev–Trinajstić information content (AvgIpc) is 1.76. The van der Waals surface area contributed by atoms with Gasteiger partial charge in [0, 0.05) is 46.7 Å². The zero-order valence-corrected chi connectivity index (χ0v) is 58.3. The van der Waals surface area contributed by atoms with Crippen LogP contribution in [-0.2, 0) is 52.7 Å². The van der Waals surface area contributed by atoms with Gasteiger partial charge in [-0.3, -0.25) is 67.7 Å². The van der Waals surface area contributed by atoms with E-state index in [1.807, 2.05) is 0 Å². The van der Waals surface area contributed by atoms with Gasteiger partial charge in [0.05, 0.1) is 69.8 Å². The summed E-state index contributed by atoms with van der Waals surface area (Å²) < 4.78 is 0. The molecule has 0 spiro atoms. The Morgan fingerprint density at radius 1 is 0.747 bits per heavy atom. The summed E-state index contributed by atoms with van der Waals surface area (Å²) in [4.78, 5) is 200. The van der Waals surface area contributed by atoms with Crippen molar-refractivity contribution >= 4 is 167 Å². The number of aromatic nitrogens is 3. The van der Waals surface area contributed by atoms with Crippen molar-refractivity contribution in [2.75, 3.05) is 42.6 Å². The summed E-state index contributed by atoms with van der Waals surface area (Å²) >= 11 is 6.53. The number of hydrogen-bond acceptors (Lipinski definition) is 26. The van der Waals surface area contributed by atoms with E-state index < -0.39 is 154 Å². The number of carbonyl (C=O) groups is 12. The fraction of sp³-hybridized carbons (Fsp3) is 0.426. The fourth-order valence-corrected chi connectivity index (χ4v) is 16.7. The maximum Gasteiger partial charge on any atom is 0.327 e. The highest BCUT2D eigenvalue weighted by atomic mass is 32.2. The first-order valence-corrected chi connectivity index (χ1v) is 36.8. The number of carbonyl (C=O) groups excluding carboxylic acids is 11. The van der Waals surface area contributed by atoms with Gasteiger partial charge in [0.2, 0.25) is 41.4 Å². The van der Waals surface area contributed by atoms with Crippen LogP contribution in [-0.4, -0.2) is 207 Å². The van der Waals surface area contributed by atoms with Crippen LogP contribution in [0.2, 0.25) is 0 Å². The molecule has 8 aliphatic heterocycles. The third-order valence-corrected chi connectivity index (χ3v) is 22.6. The van der Waals surface area contributed by atoms with Crippen molar-refractivity contribution in [2.45, 2.75) is 119 Å². The molecular formula is C61H69N19O13S6. The summed E-state index contributed by atoms with van der Waals surface area (Å²) in [5, 5.41) is 39.4. The lowest BCUT2D eigenvalue weighted by molar-refractivity contribution is -0.141. The van der Waals surface area contributed by atoms with Crippen LogP contribution >= 0.6 is 69.7 Å². The number of thiazole rings is 2. The molecule has 11 amide bonds. The van der Waals surface area contributed by atoms with Gasteiger partial charge in [0.25, 0.3) is 23.6 Å². The largest absolute Gasteiger partial charge is 0.480 e. The summed E-state index contributed by atoms with van der Waals surface area (Å²) in [7, 11) is 0. The quantitative estimate of drug-likeness (QED) is 0.110. The molecule has 0 aromatic carbocycles. The van der Waals surface area contributed by atoms with E-state index in [-0.39, 0.29) is 83.7 Å². The van der Waals surface area contributed by atoms with Crippen LogP contribution in [0.5, 0.6) is 0 Å². The van der Waals surface area contributed by atoms with Crippen LogP contribution in [0, 0.1) is 0 Å². The summed E-state index contributed by atoms with van der Waals surface area (Å²) in [6, 6.07) is -6.90. The Morgan fingerprint density at radius 2 is 1.44 bits per heavy atom. The molecule has 1 saturated heterocycles. The maximum absolute atomic E-state index is 14.9. The van der Waals surface area contributed by atoms with E-state index in [1.165, 1.54) is 83.2 Å². The number of rotatable bonds is 7. The van der Waals surface area contributed by atoms with Crippen molar-refractivity contribution < 1.29 is 62.6 Å². The molecule has 3 aromatic rings. The fourth-order valence-electron chi connectivity index (χ4n) is 10.9. The Bertz CT molecular complexity index is 4090. The van der Waals surface area contributed by atoms with Crippen LogP contribution in [0.25, 0.3) is 16.4 Å². The number of primary amides is 1. The van der Waals surface area contributed by atoms with Crippen LogP contribution in [0.15, 0.2) is 85.3 Å². The van der Waals surface area contributed by atoms with Gasteiger partial charge in [0.15, 0.2) is 4.87 Å². The number of nitrogens with one attached hydrogen (secondary N) is 9. The SMILES string of the molecule is C=C1NC(=O)CNC(=O)[C@H](CCCCN)NC(=O)[C@@]2(C)NC(=O)/C(=C/C)NC(=O)[C@@H]3CSC(=N3)[C@H](CC(N)=O)NC(=O)c3ccc(nc3[C@@H](C)NC(=O)[C@@H]3CCCN3C1=O)C1=NC(=CC1)C1=N[C@@H](CS1)C(=O)NC(=C)c1nc(cs1)-c1nc(cs1)C1=N[C@H](CS1)C(=O)N[C@H](C(=O)O)CS2. The van der Waals surface area contributed by atoms with E-state index in [0.717, 1.165) is 11.8 Å². The van der Waals surface area contributed by atoms with Crippen LogP contribution in [0.1, 0.15) is 104 Å². The second-order valence-electron chi connectivity index (χ2n) is 23.4. The first kappa shape index (κ1) is 72.8. The molecule has 1 fully saturated rings. The van der Waals surface area contributed by atoms with Crippen LogP contribution < -0.4 is 59.3 Å². The van der Waals surface area contributed by atoms with Gasteiger partial charge in [0.1, 0.15) is 73.4 Å². The number of fused-ring (bicyclic) bond motifs is 8. The lowest BCUT2D eigenvalue weighted by Crippen LogP contribution is -2.60. The number of carboxylic acid groups (broad SMARTS) is 1. The van der Waals surface area contributed by atoms with Gasteiger partial charge >= 0.3 is 5.97 Å². The normalized spacial score (nSPS) is 26.9. The van der Waals surface area contributed by atoms with Gasteiger partial charge in [-0.1, -0.05) is 19.2 Å². The van der Waals surface area contributed by atoms with Gasteiger partial charge < -0.3 is 69.3 Å². The third-order valence-electron chi connectivity index (χ3n) is 16.2. The molecule has 11 rings (SSSR count). The molecule has 16 bridgehead atoms. The summed E-state index contributed by atoms with van der Waals surface area (Å²) in [5.74, 6) is -11.2. The zero-order chi connectivity index (χ0) is 71.0. The van der Waals surface area contributed by atoms with E-state index in [4.69, 9.17) is 31.4 Å². The first-order valence-electron chi connectivity index (χ1n) is 31.1. The minimum atomic E-state index is -2.26. The molecule has 38 heteroatoms. The van der Waals surface area contributed by atoms with Gasteiger partial charge in [-0.2, -0.15) is 0 Å². The number of nitrogens with two attached hydrogens (primary N) is 2. The molecule has 9 atom stereocenters. The number of amides is 11. The van der Waals surface area contributed by atoms with Crippen molar-refractivity contribution in [2.24, 2.45) is 31.4 Å². The lowest BCUT2D eigenvalue weighted by atomic mass is 10.0. The first-order chi connectivity index (χ1) is 47.3. The van der Waals surface area contributed by atoms with Gasteiger partial charge in [-0.25, -0.2) is 24.7 Å². The predicted octanol–water partition coefficient (Wildman–Crippen LogP) is 0.0993. The van der Waals surface area contributed by atoms with Crippen LogP contribution in [0.4, 0.5) is 0 Å². The van der Waals surface area contributed by atoms with E-state index in [0.29, 0.717) is 67.5 Å². The molecule has 14 N–H and O–H groups in total. The topological polar surface area (TPSA) is 477 Å². The molecule has 0 unspecified atom stereocenters. The van der Waals surface area contributed by atoms with Crippen molar-refractivity contribution in [3.63, 3.8) is 0 Å². The van der Waals surface area contributed by atoms with Crippen molar-refractivity contribution in [3.8, 4) is 10.7 Å². The Hall–Kier alpha value is -8.95. The molecule has 99 heavy (non-hydrogen) atoms. The molecule has 522 valence electrons. The smallest absolute Gasteiger partial charge is 0.327 e. The Morgan fingerprint density at radius 3 is 2.19 bits per heavy atom. The summed E-state index contributed by atoms with van der Waals surface area (Å²) in [6.07, 6.45) is 3.80. The number of nitrogens with zero attached hydrogens (tertiary/aromatic N) is 8. The van der Waals surface area contributed by atoms with Crippen molar-refractivity contribution in [1.29, 1.82) is 0 Å². The zero-order valence-electron chi connectivity index (χ0n) is 53.4. The Balaban J connectivity index is 1.04. The van der Waals surface area contributed by atoms with Gasteiger partial charge in [-0.15, -0.1) is 69.7 Å². The lowest BCUT2D eigenvalue weighted by Gasteiger charge is -2.32. The highest BCUT2D eigenvalue weighted by molar-refractivity contribution is 8.15. The second kappa shape index (κ2) is 31.9. The number of hydrogen-bond donors (Lipinski definition) is 12. The van der Waals surface area contributed by atoms with Crippen molar-refractivity contribution in [3.05, 3.63) is 92.9 Å². The molecule has 3 aromatic heterocycles. The Labute approximate surface area is 590 Å². The average molecular weight is 1470 g/mol. The molecular weight excluding hydrogens is 1400 g/mol. The number of aliphatic imine (C=N–C) groups is 4. The minimum Gasteiger partial charge on any atom is -0.480 e.